The molecule has 4 aliphatic rings. The maximum atomic E-state index is 13.7. The number of nitrogens with zero attached hydrogens (tertiary/aromatic N) is 1. The summed E-state index contributed by atoms with van der Waals surface area (Å²) in [7, 11) is 2.72. The predicted molar refractivity (Wildman–Crippen MR) is 115 cm³/mol. The van der Waals surface area contributed by atoms with Crippen LogP contribution in [0.15, 0.2) is 41.9 Å². The first-order valence-corrected chi connectivity index (χ1v) is 11.5. The zero-order chi connectivity index (χ0) is 23.2. The van der Waals surface area contributed by atoms with E-state index in [4.69, 9.17) is 23.7 Å². The van der Waals surface area contributed by atoms with E-state index >= 15 is 0 Å². The highest BCUT2D eigenvalue weighted by molar-refractivity contribution is 5.98. The molecule has 3 saturated heterocycles. The summed E-state index contributed by atoms with van der Waals surface area (Å²) in [5.74, 6) is -2.04. The van der Waals surface area contributed by atoms with Crippen LogP contribution in [-0.2, 0) is 28.5 Å². The van der Waals surface area contributed by atoms with E-state index in [1.807, 2.05) is 30.3 Å². The van der Waals surface area contributed by atoms with E-state index < -0.39 is 48.3 Å². The van der Waals surface area contributed by atoms with Crippen molar-refractivity contribution in [3.8, 4) is 0 Å². The Labute approximate surface area is 192 Å². The van der Waals surface area contributed by atoms with Crippen molar-refractivity contribution in [2.24, 2.45) is 5.92 Å². The minimum absolute atomic E-state index is 0.0535. The van der Waals surface area contributed by atoms with Crippen LogP contribution in [0.3, 0.4) is 0 Å². The first-order valence-electron chi connectivity index (χ1n) is 11.5. The minimum atomic E-state index is -1.80. The van der Waals surface area contributed by atoms with Crippen LogP contribution in [0.2, 0.25) is 0 Å². The number of ether oxygens (including phenoxy) is 5. The average Bonchev–Trinajstić information content (AvgIpc) is 3.11. The van der Waals surface area contributed by atoms with Crippen molar-refractivity contribution in [2.45, 2.75) is 68.7 Å². The van der Waals surface area contributed by atoms with Gasteiger partial charge in [0, 0.05) is 18.7 Å². The van der Waals surface area contributed by atoms with Crippen molar-refractivity contribution in [1.29, 1.82) is 0 Å². The largest absolute Gasteiger partial charge is 0.481 e. The van der Waals surface area contributed by atoms with Gasteiger partial charge in [0.15, 0.2) is 18.3 Å². The Morgan fingerprint density at radius 2 is 1.85 bits per heavy atom. The molecule has 1 aromatic rings. The average molecular weight is 462 g/mol. The van der Waals surface area contributed by atoms with E-state index in [0.29, 0.717) is 0 Å². The molecule has 9 nitrogen and oxygen atoms in total. The quantitative estimate of drug-likeness (QED) is 0.520. The monoisotopic (exact) mass is 461 g/mol. The number of hydrogen-bond acceptors (Lipinski definition) is 8. The van der Waals surface area contributed by atoms with Crippen molar-refractivity contribution in [3.05, 3.63) is 47.4 Å². The summed E-state index contributed by atoms with van der Waals surface area (Å²) in [6.45, 7) is 0.154. The summed E-state index contributed by atoms with van der Waals surface area (Å²) in [5.41, 5.74) is -1.06. The molecule has 0 bridgehead atoms. The highest BCUT2D eigenvalue weighted by Crippen LogP contribution is 2.53. The van der Waals surface area contributed by atoms with Gasteiger partial charge in [-0.2, -0.15) is 0 Å². The third kappa shape index (κ3) is 3.54. The zero-order valence-electron chi connectivity index (χ0n) is 18.9. The second-order valence-corrected chi connectivity index (χ2v) is 9.06. The summed E-state index contributed by atoms with van der Waals surface area (Å²) in [6.07, 6.45) is 1.21. The highest BCUT2D eigenvalue weighted by atomic mass is 16.7. The molecular formula is C24H31NO8. The Balaban J connectivity index is 1.60. The molecule has 0 spiro atoms. The number of methoxy groups -OCH3 is 2. The van der Waals surface area contributed by atoms with E-state index in [9.17, 15) is 15.0 Å². The third-order valence-electron chi connectivity index (χ3n) is 7.29. The van der Waals surface area contributed by atoms with Gasteiger partial charge >= 0.3 is 0 Å². The summed E-state index contributed by atoms with van der Waals surface area (Å²) < 4.78 is 29.0. The van der Waals surface area contributed by atoms with Crippen LogP contribution in [-0.4, -0.2) is 72.1 Å². The molecular weight excluding hydrogens is 430 g/mol. The minimum Gasteiger partial charge on any atom is -0.481 e. The fourth-order valence-electron chi connectivity index (χ4n) is 5.81. The first kappa shape index (κ1) is 22.6. The van der Waals surface area contributed by atoms with Gasteiger partial charge in [-0.05, 0) is 12.8 Å². The zero-order valence-corrected chi connectivity index (χ0v) is 18.9. The number of carbonyl (C=O) groups is 1. The highest BCUT2D eigenvalue weighted by Gasteiger charge is 2.71. The molecule has 4 fully saturated rings. The number of carbonyl (C=O) groups excluding carboxylic acids is 1. The number of aliphatic hydroxyl groups excluding tert-OH is 1. The van der Waals surface area contributed by atoms with Crippen LogP contribution < -0.4 is 0 Å². The molecule has 1 aromatic carbocycles. The fraction of sp³-hybridized carbons (Fsp3) is 0.625. The number of benzene rings is 1. The predicted octanol–water partition coefficient (Wildman–Crippen LogP) is 2.37. The SMILES string of the molecule is CO/C(O)=C1/C(=O)N(C2CCCCC2)[C@]2(O)[C@@H]3O[C@H](c4ccccc4)OC[C@H]3O[C@H](OC)[C@H]12. The van der Waals surface area contributed by atoms with Crippen LogP contribution in [0.1, 0.15) is 44.0 Å². The molecule has 6 atom stereocenters. The van der Waals surface area contributed by atoms with Gasteiger partial charge in [-0.3, -0.25) is 4.79 Å². The van der Waals surface area contributed by atoms with Gasteiger partial charge in [-0.1, -0.05) is 49.6 Å². The fourth-order valence-corrected chi connectivity index (χ4v) is 5.81. The maximum Gasteiger partial charge on any atom is 0.286 e. The van der Waals surface area contributed by atoms with E-state index in [1.54, 1.807) is 0 Å². The Hall–Kier alpha value is -2.17. The molecule has 9 heteroatoms. The third-order valence-corrected chi connectivity index (χ3v) is 7.29. The van der Waals surface area contributed by atoms with Gasteiger partial charge in [0.25, 0.3) is 11.9 Å². The van der Waals surface area contributed by atoms with Gasteiger partial charge in [0.2, 0.25) is 0 Å². The molecule has 0 aromatic heterocycles. The molecule has 3 heterocycles. The second-order valence-electron chi connectivity index (χ2n) is 9.06. The van der Waals surface area contributed by atoms with Crippen molar-refractivity contribution in [3.63, 3.8) is 0 Å². The van der Waals surface area contributed by atoms with Crippen LogP contribution in [0.4, 0.5) is 0 Å². The van der Waals surface area contributed by atoms with Gasteiger partial charge in [-0.15, -0.1) is 0 Å². The smallest absolute Gasteiger partial charge is 0.286 e. The van der Waals surface area contributed by atoms with Crippen molar-refractivity contribution in [1.82, 2.24) is 4.90 Å². The van der Waals surface area contributed by atoms with Crippen LogP contribution in [0.25, 0.3) is 0 Å². The molecule has 2 N–H and O–H groups in total. The molecule has 33 heavy (non-hydrogen) atoms. The molecule has 5 rings (SSSR count). The topological polar surface area (TPSA) is 107 Å². The molecule has 180 valence electrons. The number of rotatable bonds is 4. The van der Waals surface area contributed by atoms with E-state index in [1.165, 1.54) is 19.1 Å². The van der Waals surface area contributed by atoms with Crippen molar-refractivity contribution >= 4 is 5.91 Å². The lowest BCUT2D eigenvalue weighted by atomic mass is 9.81. The van der Waals surface area contributed by atoms with Gasteiger partial charge in [0.05, 0.1) is 19.6 Å². The van der Waals surface area contributed by atoms with Gasteiger partial charge in [0.1, 0.15) is 17.8 Å². The van der Waals surface area contributed by atoms with Crippen molar-refractivity contribution in [2.75, 3.05) is 20.8 Å². The number of hydrogen-bond donors (Lipinski definition) is 2. The second kappa shape index (κ2) is 8.88. The maximum absolute atomic E-state index is 13.7. The lowest BCUT2D eigenvalue weighted by molar-refractivity contribution is -0.388. The number of likely N-dealkylation sites (tertiary alicyclic amines) is 1. The lowest BCUT2D eigenvalue weighted by Gasteiger charge is -2.55. The Morgan fingerprint density at radius 1 is 1.12 bits per heavy atom. The Morgan fingerprint density at radius 3 is 2.52 bits per heavy atom. The van der Waals surface area contributed by atoms with Crippen LogP contribution in [0.5, 0.6) is 0 Å². The Kier molecular flexibility index (Phi) is 6.09. The van der Waals surface area contributed by atoms with Crippen LogP contribution >= 0.6 is 0 Å². The molecule has 1 aliphatic carbocycles. The summed E-state index contributed by atoms with van der Waals surface area (Å²) >= 11 is 0. The van der Waals surface area contributed by atoms with E-state index in [2.05, 4.69) is 0 Å². The van der Waals surface area contributed by atoms with Crippen LogP contribution in [0, 0.1) is 5.92 Å². The molecule has 3 aliphatic heterocycles. The summed E-state index contributed by atoms with van der Waals surface area (Å²) in [6, 6.07) is 9.24. The summed E-state index contributed by atoms with van der Waals surface area (Å²) in [5, 5.41) is 23.0. The normalized spacial score (nSPS) is 38.6. The number of fused-ring (bicyclic) bond motifs is 3. The van der Waals surface area contributed by atoms with Crippen molar-refractivity contribution < 1.29 is 38.7 Å². The first-order chi connectivity index (χ1) is 16.0. The molecule has 0 radical (unpaired) electrons. The number of aliphatic hydroxyl groups is 2. The lowest BCUT2D eigenvalue weighted by Crippen LogP contribution is -2.72. The molecule has 1 amide bonds. The Bertz CT molecular complexity index is 901. The van der Waals surface area contributed by atoms with E-state index in [-0.39, 0.29) is 18.2 Å². The van der Waals surface area contributed by atoms with E-state index in [0.717, 1.165) is 37.7 Å². The summed E-state index contributed by atoms with van der Waals surface area (Å²) in [4.78, 5) is 15.2. The molecule has 0 unspecified atom stereocenters. The van der Waals surface area contributed by atoms with Gasteiger partial charge in [-0.25, -0.2) is 0 Å². The molecule has 1 saturated carbocycles. The number of amides is 1. The standard InChI is InChI=1S/C24H31NO8/c1-29-21(27)17-18-23(30-2)32-16-13-31-22(14-9-5-3-6-10-14)33-19(16)24(18,28)25(20(17)26)15-11-7-4-8-12-15/h3,5-6,9-10,15-16,18-19,22-23,27-28H,4,7-8,11-13H2,1-2H3/b21-17+/t16-,18+,19-,22-,23+,24-/m1/s1. The van der Waals surface area contributed by atoms with Gasteiger partial charge < -0.3 is 38.8 Å².